The second kappa shape index (κ2) is 8.45. The van der Waals surface area contributed by atoms with Gasteiger partial charge in [0.1, 0.15) is 16.9 Å². The number of aromatic amines is 1. The van der Waals surface area contributed by atoms with Crippen LogP contribution < -0.4 is 5.56 Å². The zero-order chi connectivity index (χ0) is 18.5. The molecule has 26 heavy (non-hydrogen) atoms. The van der Waals surface area contributed by atoms with Crippen LogP contribution in [0.15, 0.2) is 29.3 Å². The van der Waals surface area contributed by atoms with Gasteiger partial charge in [-0.25, -0.2) is 9.37 Å². The number of fused-ring (bicyclic) bond motifs is 3. The van der Waals surface area contributed by atoms with Crippen molar-refractivity contribution in [1.82, 2.24) is 19.4 Å². The minimum atomic E-state index is -0.327. The first kappa shape index (κ1) is 18.6. The van der Waals surface area contributed by atoms with Crippen LogP contribution in [0.3, 0.4) is 0 Å². The first-order valence-electron chi connectivity index (χ1n) is 9.52. The Morgan fingerprint density at radius 2 is 1.88 bits per heavy atom. The second-order valence-electron chi connectivity index (χ2n) is 6.83. The molecule has 6 heteroatoms. The molecule has 0 bridgehead atoms. The third kappa shape index (κ3) is 3.96. The summed E-state index contributed by atoms with van der Waals surface area (Å²) in [5, 5.41) is 0.650. The molecule has 140 valence electrons. The number of benzene rings is 1. The van der Waals surface area contributed by atoms with Crippen LogP contribution in [0, 0.1) is 5.82 Å². The number of aromatic nitrogens is 3. The fraction of sp³-hybridized carbons (Fsp3) is 0.500. The topological polar surface area (TPSA) is 53.9 Å². The molecule has 0 saturated carbocycles. The first-order chi connectivity index (χ1) is 12.6. The van der Waals surface area contributed by atoms with Crippen molar-refractivity contribution < 1.29 is 4.39 Å². The number of nitrogens with one attached hydrogen (secondary N) is 1. The summed E-state index contributed by atoms with van der Waals surface area (Å²) in [6, 6.07) is 4.45. The van der Waals surface area contributed by atoms with Crippen LogP contribution in [-0.4, -0.2) is 39.1 Å². The maximum absolute atomic E-state index is 13.5. The average molecular weight is 358 g/mol. The van der Waals surface area contributed by atoms with Crippen LogP contribution in [-0.2, 0) is 6.54 Å². The predicted molar refractivity (Wildman–Crippen MR) is 104 cm³/mol. The lowest BCUT2D eigenvalue weighted by Crippen LogP contribution is -2.32. The molecule has 2 aromatic heterocycles. The van der Waals surface area contributed by atoms with Crippen molar-refractivity contribution in [2.24, 2.45) is 0 Å². The molecule has 0 radical (unpaired) electrons. The molecule has 0 fully saturated rings. The monoisotopic (exact) mass is 358 g/mol. The van der Waals surface area contributed by atoms with Crippen LogP contribution >= 0.6 is 0 Å². The highest BCUT2D eigenvalue weighted by molar-refractivity contribution is 6.04. The Balaban J connectivity index is 1.82. The molecule has 0 amide bonds. The van der Waals surface area contributed by atoms with E-state index in [2.05, 4.69) is 28.7 Å². The zero-order valence-corrected chi connectivity index (χ0v) is 15.6. The normalized spacial score (nSPS) is 11.8. The van der Waals surface area contributed by atoms with E-state index in [1.165, 1.54) is 37.8 Å². The first-order valence-corrected chi connectivity index (χ1v) is 9.52. The molecule has 0 unspecified atom stereocenters. The Kier molecular flexibility index (Phi) is 6.04. The molecule has 2 heterocycles. The lowest BCUT2D eigenvalue weighted by atomic mass is 10.2. The largest absolute Gasteiger partial charge is 0.349 e. The summed E-state index contributed by atoms with van der Waals surface area (Å²) in [6.45, 7) is 7.96. The smallest absolute Gasteiger partial charge is 0.277 e. The van der Waals surface area contributed by atoms with Gasteiger partial charge in [0.15, 0.2) is 0 Å². The van der Waals surface area contributed by atoms with Gasteiger partial charge in [0.2, 0.25) is 0 Å². The Morgan fingerprint density at radius 3 is 2.58 bits per heavy atom. The van der Waals surface area contributed by atoms with E-state index in [1.54, 1.807) is 17.0 Å². The van der Waals surface area contributed by atoms with E-state index >= 15 is 0 Å². The molecular weight excluding hydrogens is 331 g/mol. The highest BCUT2D eigenvalue weighted by atomic mass is 19.1. The van der Waals surface area contributed by atoms with Crippen molar-refractivity contribution in [3.63, 3.8) is 0 Å². The van der Waals surface area contributed by atoms with E-state index < -0.39 is 0 Å². The summed E-state index contributed by atoms with van der Waals surface area (Å²) in [6.07, 6.45) is 6.26. The Bertz CT molecular complexity index is 923. The molecule has 0 aliphatic heterocycles. The molecule has 0 saturated heterocycles. The van der Waals surface area contributed by atoms with Crippen LogP contribution in [0.4, 0.5) is 4.39 Å². The number of hydrogen-bond acceptors (Lipinski definition) is 3. The fourth-order valence-corrected chi connectivity index (χ4v) is 3.27. The van der Waals surface area contributed by atoms with Gasteiger partial charge in [-0.1, -0.05) is 26.7 Å². The standard InChI is InChI=1S/C20H27FN4O/c1-3-5-9-24(10-6-4-2)11-12-25-14-22-18-16-13-15(21)7-8-17(16)23-19(18)20(25)26/h7-8,13-14,23H,3-6,9-12H2,1-2H3. The van der Waals surface area contributed by atoms with Crippen molar-refractivity contribution in [3.8, 4) is 0 Å². The Morgan fingerprint density at radius 1 is 1.15 bits per heavy atom. The summed E-state index contributed by atoms with van der Waals surface area (Å²) in [5.74, 6) is -0.327. The molecule has 1 aromatic carbocycles. The fourth-order valence-electron chi connectivity index (χ4n) is 3.27. The van der Waals surface area contributed by atoms with Gasteiger partial charge in [-0.15, -0.1) is 0 Å². The van der Waals surface area contributed by atoms with Crippen molar-refractivity contribution in [2.75, 3.05) is 19.6 Å². The number of H-pyrrole nitrogens is 1. The van der Waals surface area contributed by atoms with Crippen molar-refractivity contribution in [3.05, 3.63) is 40.7 Å². The third-order valence-electron chi connectivity index (χ3n) is 4.85. The lowest BCUT2D eigenvalue weighted by Gasteiger charge is -2.22. The quantitative estimate of drug-likeness (QED) is 0.631. The van der Waals surface area contributed by atoms with Gasteiger partial charge >= 0.3 is 0 Å². The van der Waals surface area contributed by atoms with Crippen LogP contribution in [0.2, 0.25) is 0 Å². The number of rotatable bonds is 9. The van der Waals surface area contributed by atoms with E-state index in [4.69, 9.17) is 0 Å². The molecular formula is C20H27FN4O. The summed E-state index contributed by atoms with van der Waals surface area (Å²) < 4.78 is 15.2. The highest BCUT2D eigenvalue weighted by Crippen LogP contribution is 2.22. The molecule has 0 atom stereocenters. The predicted octanol–water partition coefficient (Wildman–Crippen LogP) is 3.92. The number of hydrogen-bond donors (Lipinski definition) is 1. The minimum absolute atomic E-state index is 0.0995. The van der Waals surface area contributed by atoms with Gasteiger partial charge < -0.3 is 9.88 Å². The van der Waals surface area contributed by atoms with Crippen LogP contribution in [0.1, 0.15) is 39.5 Å². The number of nitrogens with zero attached hydrogens (tertiary/aromatic N) is 3. The van der Waals surface area contributed by atoms with Crippen molar-refractivity contribution >= 4 is 21.9 Å². The van der Waals surface area contributed by atoms with Crippen molar-refractivity contribution in [2.45, 2.75) is 46.1 Å². The van der Waals surface area contributed by atoms with Crippen LogP contribution in [0.25, 0.3) is 21.9 Å². The van der Waals surface area contributed by atoms with Gasteiger partial charge in [-0.05, 0) is 44.1 Å². The van der Waals surface area contributed by atoms with Gasteiger partial charge in [-0.3, -0.25) is 9.36 Å². The van der Waals surface area contributed by atoms with E-state index in [9.17, 15) is 9.18 Å². The summed E-state index contributed by atoms with van der Waals surface area (Å²) >= 11 is 0. The molecule has 0 spiro atoms. The lowest BCUT2D eigenvalue weighted by molar-refractivity contribution is 0.253. The van der Waals surface area contributed by atoms with Gasteiger partial charge in [0.25, 0.3) is 5.56 Å². The molecule has 0 aliphatic carbocycles. The third-order valence-corrected chi connectivity index (χ3v) is 4.85. The Labute approximate surface area is 152 Å². The zero-order valence-electron chi connectivity index (χ0n) is 15.6. The highest BCUT2D eigenvalue weighted by Gasteiger charge is 2.12. The second-order valence-corrected chi connectivity index (χ2v) is 6.83. The van der Waals surface area contributed by atoms with Gasteiger partial charge in [0, 0.05) is 24.0 Å². The average Bonchev–Trinajstić information content (AvgIpc) is 3.01. The molecule has 1 N–H and O–H groups in total. The number of unbranched alkanes of at least 4 members (excludes halogenated alkanes) is 2. The maximum Gasteiger partial charge on any atom is 0.277 e. The minimum Gasteiger partial charge on any atom is -0.349 e. The SMILES string of the molecule is CCCCN(CCCC)CCn1cnc2c([nH]c3ccc(F)cc32)c1=O. The van der Waals surface area contributed by atoms with Crippen molar-refractivity contribution in [1.29, 1.82) is 0 Å². The van der Waals surface area contributed by atoms with Gasteiger partial charge in [0.05, 0.1) is 6.33 Å². The molecule has 5 nitrogen and oxygen atoms in total. The molecule has 0 aliphatic rings. The number of halogens is 1. The summed E-state index contributed by atoms with van der Waals surface area (Å²) in [4.78, 5) is 22.7. The van der Waals surface area contributed by atoms with Crippen LogP contribution in [0.5, 0.6) is 0 Å². The van der Waals surface area contributed by atoms with E-state index in [0.29, 0.717) is 23.0 Å². The van der Waals surface area contributed by atoms with Gasteiger partial charge in [-0.2, -0.15) is 0 Å². The van der Waals surface area contributed by atoms with E-state index in [-0.39, 0.29) is 11.4 Å². The molecule has 3 aromatic rings. The summed E-state index contributed by atoms with van der Waals surface area (Å²) in [7, 11) is 0. The Hall–Kier alpha value is -2.21. The van der Waals surface area contributed by atoms with E-state index in [1.807, 2.05) is 0 Å². The van der Waals surface area contributed by atoms with E-state index in [0.717, 1.165) is 25.2 Å². The summed E-state index contributed by atoms with van der Waals surface area (Å²) in [5.41, 5.74) is 1.62. The maximum atomic E-state index is 13.5. The molecule has 3 rings (SSSR count).